The maximum Gasteiger partial charge on any atom is 0.0931 e. The van der Waals surface area contributed by atoms with E-state index in [4.69, 9.17) is 5.11 Å². The van der Waals surface area contributed by atoms with Crippen molar-refractivity contribution in [1.82, 2.24) is 4.98 Å². The second kappa shape index (κ2) is 3.74. The highest BCUT2D eigenvalue weighted by Gasteiger charge is 2.00. The molecule has 0 radical (unpaired) electrons. The van der Waals surface area contributed by atoms with Crippen LogP contribution in [-0.2, 0) is 0 Å². The van der Waals surface area contributed by atoms with E-state index in [1.807, 2.05) is 18.4 Å². The van der Waals surface area contributed by atoms with E-state index in [2.05, 4.69) is 4.98 Å². The van der Waals surface area contributed by atoms with Crippen molar-refractivity contribution in [3.8, 4) is 0 Å². The predicted molar refractivity (Wildman–Crippen MR) is 46.7 cm³/mol. The molecule has 11 heavy (non-hydrogen) atoms. The number of hydrogen-bond acceptors (Lipinski definition) is 3. The first-order chi connectivity index (χ1) is 5.24. The molecule has 1 atom stereocenters. The summed E-state index contributed by atoms with van der Waals surface area (Å²) in [7, 11) is 0. The zero-order chi connectivity index (χ0) is 8.27. The van der Waals surface area contributed by atoms with Crippen molar-refractivity contribution in [3.63, 3.8) is 0 Å². The van der Waals surface area contributed by atoms with E-state index in [-0.39, 0.29) is 0 Å². The molecule has 0 saturated carbocycles. The van der Waals surface area contributed by atoms with Crippen molar-refractivity contribution < 1.29 is 5.11 Å². The zero-order valence-corrected chi connectivity index (χ0v) is 7.43. The van der Waals surface area contributed by atoms with Crippen LogP contribution in [0.5, 0.6) is 0 Å². The second-order valence-corrected chi connectivity index (χ2v) is 3.18. The molecule has 0 spiro atoms. The topological polar surface area (TPSA) is 33.1 Å². The van der Waals surface area contributed by atoms with Gasteiger partial charge < -0.3 is 5.11 Å². The Morgan fingerprint density at radius 3 is 2.64 bits per heavy atom. The lowest BCUT2D eigenvalue weighted by molar-refractivity contribution is 0.194. The molecular formula is C8H11NOS. The fourth-order valence-corrected chi connectivity index (χ4v) is 1.12. The average Bonchev–Trinajstić information content (AvgIpc) is 2.05. The number of thioether (sulfide) groups is 1. The number of aliphatic hydroxyl groups excluding tert-OH is 1. The SMILES string of the molecule is CSc1ccc([C@@H](C)O)nc1. The minimum absolute atomic E-state index is 0.467. The van der Waals surface area contributed by atoms with Gasteiger partial charge in [0.05, 0.1) is 11.8 Å². The minimum atomic E-state index is -0.467. The molecule has 0 aliphatic heterocycles. The molecule has 0 aromatic carbocycles. The van der Waals surface area contributed by atoms with Crippen LogP contribution >= 0.6 is 11.8 Å². The molecule has 1 aromatic rings. The summed E-state index contributed by atoms with van der Waals surface area (Å²) in [5, 5.41) is 9.12. The molecule has 3 heteroatoms. The lowest BCUT2D eigenvalue weighted by Crippen LogP contribution is -1.93. The van der Waals surface area contributed by atoms with Crippen molar-refractivity contribution in [2.24, 2.45) is 0 Å². The normalized spacial score (nSPS) is 13.0. The quantitative estimate of drug-likeness (QED) is 0.686. The van der Waals surface area contributed by atoms with Crippen LogP contribution in [0.2, 0.25) is 0 Å². The number of aromatic nitrogens is 1. The van der Waals surface area contributed by atoms with Gasteiger partial charge in [0.25, 0.3) is 0 Å². The van der Waals surface area contributed by atoms with Gasteiger partial charge >= 0.3 is 0 Å². The van der Waals surface area contributed by atoms with Gasteiger partial charge in [0.2, 0.25) is 0 Å². The Kier molecular flexibility index (Phi) is 2.91. The van der Waals surface area contributed by atoms with Gasteiger partial charge in [0.1, 0.15) is 0 Å². The van der Waals surface area contributed by atoms with Gasteiger partial charge in [-0.1, -0.05) is 0 Å². The minimum Gasteiger partial charge on any atom is -0.387 e. The molecule has 1 N–H and O–H groups in total. The lowest BCUT2D eigenvalue weighted by Gasteiger charge is -2.02. The summed E-state index contributed by atoms with van der Waals surface area (Å²) >= 11 is 1.65. The summed E-state index contributed by atoms with van der Waals surface area (Å²) < 4.78 is 0. The van der Waals surface area contributed by atoms with E-state index in [9.17, 15) is 0 Å². The third-order valence-electron chi connectivity index (χ3n) is 1.42. The van der Waals surface area contributed by atoms with Crippen LogP contribution in [0.15, 0.2) is 23.2 Å². The summed E-state index contributed by atoms with van der Waals surface area (Å²) in [6.45, 7) is 1.71. The van der Waals surface area contributed by atoms with Gasteiger partial charge in [-0.25, -0.2) is 0 Å². The van der Waals surface area contributed by atoms with Crippen molar-refractivity contribution in [1.29, 1.82) is 0 Å². The summed E-state index contributed by atoms with van der Waals surface area (Å²) in [6.07, 6.45) is 3.30. The number of rotatable bonds is 2. The first kappa shape index (κ1) is 8.56. The Bertz CT molecular complexity index is 220. The first-order valence-electron chi connectivity index (χ1n) is 3.42. The van der Waals surface area contributed by atoms with Gasteiger partial charge in [-0.15, -0.1) is 11.8 Å². The number of hydrogen-bond donors (Lipinski definition) is 1. The van der Waals surface area contributed by atoms with Gasteiger partial charge in [-0.2, -0.15) is 0 Å². The molecule has 1 rings (SSSR count). The van der Waals surface area contributed by atoms with E-state index in [0.29, 0.717) is 0 Å². The molecule has 0 amide bonds. The van der Waals surface area contributed by atoms with Crippen molar-refractivity contribution in [2.75, 3.05) is 6.26 Å². The zero-order valence-electron chi connectivity index (χ0n) is 6.61. The Balaban J connectivity index is 2.83. The molecule has 0 aliphatic rings. The molecule has 0 saturated heterocycles. The molecule has 2 nitrogen and oxygen atoms in total. The van der Waals surface area contributed by atoms with E-state index >= 15 is 0 Å². The highest BCUT2D eigenvalue weighted by atomic mass is 32.2. The van der Waals surface area contributed by atoms with Gasteiger partial charge in [0.15, 0.2) is 0 Å². The second-order valence-electron chi connectivity index (χ2n) is 2.30. The van der Waals surface area contributed by atoms with E-state index in [0.717, 1.165) is 10.6 Å². The van der Waals surface area contributed by atoms with Gasteiger partial charge in [-0.05, 0) is 25.3 Å². The van der Waals surface area contributed by atoms with E-state index in [1.54, 1.807) is 24.9 Å². The third-order valence-corrected chi connectivity index (χ3v) is 2.14. The molecule has 1 aromatic heterocycles. The predicted octanol–water partition coefficient (Wildman–Crippen LogP) is 1.86. The highest BCUT2D eigenvalue weighted by Crippen LogP contribution is 2.15. The lowest BCUT2D eigenvalue weighted by atomic mass is 10.2. The molecular weight excluding hydrogens is 158 g/mol. The first-order valence-corrected chi connectivity index (χ1v) is 4.64. The van der Waals surface area contributed by atoms with Gasteiger partial charge in [0, 0.05) is 11.1 Å². The van der Waals surface area contributed by atoms with Crippen molar-refractivity contribution in [3.05, 3.63) is 24.0 Å². The summed E-state index contributed by atoms with van der Waals surface area (Å²) in [4.78, 5) is 5.20. The van der Waals surface area contributed by atoms with Crippen molar-refractivity contribution >= 4 is 11.8 Å². The fourth-order valence-electron chi connectivity index (χ4n) is 0.760. The van der Waals surface area contributed by atoms with Crippen molar-refractivity contribution in [2.45, 2.75) is 17.9 Å². The van der Waals surface area contributed by atoms with E-state index in [1.165, 1.54) is 0 Å². The van der Waals surface area contributed by atoms with Crippen LogP contribution in [0.25, 0.3) is 0 Å². The summed E-state index contributed by atoms with van der Waals surface area (Å²) in [5.41, 5.74) is 0.725. The van der Waals surface area contributed by atoms with Crippen LogP contribution < -0.4 is 0 Å². The monoisotopic (exact) mass is 169 g/mol. The maximum atomic E-state index is 9.12. The third kappa shape index (κ3) is 2.20. The highest BCUT2D eigenvalue weighted by molar-refractivity contribution is 7.98. The van der Waals surface area contributed by atoms with E-state index < -0.39 is 6.10 Å². The Morgan fingerprint density at radius 2 is 2.27 bits per heavy atom. The average molecular weight is 169 g/mol. The number of pyridine rings is 1. The Morgan fingerprint density at radius 1 is 1.55 bits per heavy atom. The molecule has 1 heterocycles. The Hall–Kier alpha value is -0.540. The molecule has 0 unspecified atom stereocenters. The van der Waals surface area contributed by atoms with Crippen LogP contribution in [0, 0.1) is 0 Å². The maximum absolute atomic E-state index is 9.12. The molecule has 60 valence electrons. The molecule has 0 fully saturated rings. The van der Waals surface area contributed by atoms with Gasteiger partial charge in [-0.3, -0.25) is 4.98 Å². The number of nitrogens with zero attached hydrogens (tertiary/aromatic N) is 1. The standard InChI is InChI=1S/C8H11NOS/c1-6(10)8-4-3-7(11-2)5-9-8/h3-6,10H,1-2H3/t6-/m1/s1. The smallest absolute Gasteiger partial charge is 0.0931 e. The van der Waals surface area contributed by atoms with Crippen LogP contribution in [0.1, 0.15) is 18.7 Å². The van der Waals surface area contributed by atoms with Crippen LogP contribution in [-0.4, -0.2) is 16.3 Å². The number of aliphatic hydroxyl groups is 1. The van der Waals surface area contributed by atoms with Crippen LogP contribution in [0.4, 0.5) is 0 Å². The van der Waals surface area contributed by atoms with Crippen LogP contribution in [0.3, 0.4) is 0 Å². The molecule has 0 aliphatic carbocycles. The summed E-state index contributed by atoms with van der Waals surface area (Å²) in [5.74, 6) is 0. The summed E-state index contributed by atoms with van der Waals surface area (Å²) in [6, 6.07) is 3.80. The Labute approximate surface area is 70.7 Å². The fraction of sp³-hybridized carbons (Fsp3) is 0.375. The largest absolute Gasteiger partial charge is 0.387 e. The molecule has 0 bridgehead atoms.